The van der Waals surface area contributed by atoms with Crippen LogP contribution in [0, 0.1) is 5.82 Å². The molecule has 0 atom stereocenters. The molecule has 3 aromatic rings. The Bertz CT molecular complexity index is 1090. The second-order valence-electron chi connectivity index (χ2n) is 8.76. The lowest BCUT2D eigenvalue weighted by atomic mass is 10.1. The van der Waals surface area contributed by atoms with Crippen LogP contribution in [0.25, 0.3) is 11.3 Å². The minimum Gasteiger partial charge on any atom is -0.369 e. The zero-order valence-corrected chi connectivity index (χ0v) is 19.8. The van der Waals surface area contributed by atoms with E-state index in [9.17, 15) is 17.6 Å². The van der Waals surface area contributed by atoms with Crippen molar-refractivity contribution in [1.82, 2.24) is 15.0 Å². The molecule has 1 aliphatic rings. The molecule has 0 amide bonds. The predicted octanol–water partition coefficient (Wildman–Crippen LogP) is 5.53. The summed E-state index contributed by atoms with van der Waals surface area (Å²) in [5.41, 5.74) is 0.936. The SMILES string of the molecule is CCN(CCCN1CCN(c2cccc(C(F)(F)F)c2)CC1)Cc1cc(-c2ccccc2F)no1. The molecule has 0 saturated carbocycles. The fourth-order valence-electron chi connectivity index (χ4n) is 4.38. The van der Waals surface area contributed by atoms with E-state index >= 15 is 0 Å². The number of hydrogen-bond donors (Lipinski definition) is 0. The summed E-state index contributed by atoms with van der Waals surface area (Å²) in [5.74, 6) is 0.368. The number of piperazine rings is 1. The molecular formula is C26H30F4N4O. The average molecular weight is 491 g/mol. The van der Waals surface area contributed by atoms with Crippen LogP contribution in [0.3, 0.4) is 0 Å². The summed E-state index contributed by atoms with van der Waals surface area (Å²) in [6.07, 6.45) is -3.36. The third-order valence-corrected chi connectivity index (χ3v) is 6.40. The van der Waals surface area contributed by atoms with Crippen molar-refractivity contribution >= 4 is 5.69 Å². The van der Waals surface area contributed by atoms with E-state index in [1.165, 1.54) is 18.2 Å². The Balaban J connectivity index is 1.22. The van der Waals surface area contributed by atoms with Gasteiger partial charge >= 0.3 is 6.18 Å². The minimum absolute atomic E-state index is 0.326. The summed E-state index contributed by atoms with van der Waals surface area (Å²) < 4.78 is 58.5. The molecule has 188 valence electrons. The van der Waals surface area contributed by atoms with Crippen LogP contribution < -0.4 is 4.90 Å². The number of nitrogens with zero attached hydrogens (tertiary/aromatic N) is 4. The van der Waals surface area contributed by atoms with Crippen molar-refractivity contribution in [3.8, 4) is 11.3 Å². The molecule has 0 spiro atoms. The number of halogens is 4. The van der Waals surface area contributed by atoms with Crippen molar-refractivity contribution in [2.75, 3.05) is 50.7 Å². The maximum atomic E-state index is 14.0. The Morgan fingerprint density at radius 3 is 2.49 bits per heavy atom. The molecule has 35 heavy (non-hydrogen) atoms. The largest absolute Gasteiger partial charge is 0.416 e. The zero-order valence-electron chi connectivity index (χ0n) is 19.8. The van der Waals surface area contributed by atoms with Gasteiger partial charge in [-0.1, -0.05) is 30.3 Å². The molecule has 1 aromatic heterocycles. The van der Waals surface area contributed by atoms with Gasteiger partial charge in [-0.15, -0.1) is 0 Å². The van der Waals surface area contributed by atoms with Gasteiger partial charge in [-0.05, 0) is 56.4 Å². The summed E-state index contributed by atoms with van der Waals surface area (Å²) in [4.78, 5) is 6.62. The lowest BCUT2D eigenvalue weighted by Crippen LogP contribution is -2.47. The zero-order chi connectivity index (χ0) is 24.8. The van der Waals surface area contributed by atoms with Crippen LogP contribution in [0.1, 0.15) is 24.7 Å². The Morgan fingerprint density at radius 2 is 1.77 bits per heavy atom. The second kappa shape index (κ2) is 11.2. The van der Waals surface area contributed by atoms with Crippen molar-refractivity contribution in [2.24, 2.45) is 0 Å². The van der Waals surface area contributed by atoms with Gasteiger partial charge in [0, 0.05) is 43.5 Å². The predicted molar refractivity (Wildman–Crippen MR) is 128 cm³/mol. The molecule has 0 aliphatic carbocycles. The van der Waals surface area contributed by atoms with E-state index < -0.39 is 11.7 Å². The molecule has 0 radical (unpaired) electrons. The Labute approximate surface area is 202 Å². The lowest BCUT2D eigenvalue weighted by molar-refractivity contribution is -0.137. The molecular weight excluding hydrogens is 460 g/mol. The molecule has 1 saturated heterocycles. The summed E-state index contributed by atoms with van der Waals surface area (Å²) >= 11 is 0. The van der Waals surface area contributed by atoms with Crippen LogP contribution >= 0.6 is 0 Å². The molecule has 5 nitrogen and oxygen atoms in total. The molecule has 0 bridgehead atoms. The van der Waals surface area contributed by atoms with E-state index in [-0.39, 0.29) is 5.82 Å². The van der Waals surface area contributed by atoms with Gasteiger partial charge in [-0.25, -0.2) is 4.39 Å². The number of anilines is 1. The van der Waals surface area contributed by atoms with Gasteiger partial charge < -0.3 is 9.42 Å². The quantitative estimate of drug-likeness (QED) is 0.369. The Morgan fingerprint density at radius 1 is 1.00 bits per heavy atom. The van der Waals surface area contributed by atoms with E-state index in [2.05, 4.69) is 21.9 Å². The molecule has 0 N–H and O–H groups in total. The van der Waals surface area contributed by atoms with Gasteiger partial charge in [0.2, 0.25) is 0 Å². The van der Waals surface area contributed by atoms with Gasteiger partial charge in [0.15, 0.2) is 5.76 Å². The lowest BCUT2D eigenvalue weighted by Gasteiger charge is -2.36. The van der Waals surface area contributed by atoms with Crippen LogP contribution in [0.15, 0.2) is 59.1 Å². The highest BCUT2D eigenvalue weighted by molar-refractivity contribution is 5.59. The van der Waals surface area contributed by atoms with Gasteiger partial charge in [0.1, 0.15) is 11.5 Å². The highest BCUT2D eigenvalue weighted by atomic mass is 19.4. The summed E-state index contributed by atoms with van der Waals surface area (Å²) in [6.45, 7) is 8.37. The van der Waals surface area contributed by atoms with E-state index in [0.29, 0.717) is 42.3 Å². The van der Waals surface area contributed by atoms with Gasteiger partial charge in [-0.3, -0.25) is 9.80 Å². The van der Waals surface area contributed by atoms with Crippen LogP contribution in [0.2, 0.25) is 0 Å². The molecule has 1 aliphatic heterocycles. The first-order valence-electron chi connectivity index (χ1n) is 11.9. The topological polar surface area (TPSA) is 35.8 Å². The molecule has 9 heteroatoms. The van der Waals surface area contributed by atoms with Crippen molar-refractivity contribution in [2.45, 2.75) is 26.1 Å². The molecule has 4 rings (SSSR count). The highest BCUT2D eigenvalue weighted by Gasteiger charge is 2.31. The third-order valence-electron chi connectivity index (χ3n) is 6.40. The number of aromatic nitrogens is 1. The first kappa shape index (κ1) is 25.2. The van der Waals surface area contributed by atoms with E-state index in [1.54, 1.807) is 30.3 Å². The average Bonchev–Trinajstić information content (AvgIpc) is 3.32. The third kappa shape index (κ3) is 6.61. The molecule has 2 aromatic carbocycles. The van der Waals surface area contributed by atoms with Crippen molar-refractivity contribution in [3.05, 3.63) is 71.7 Å². The fraction of sp³-hybridized carbons (Fsp3) is 0.423. The van der Waals surface area contributed by atoms with Crippen molar-refractivity contribution in [1.29, 1.82) is 0 Å². The van der Waals surface area contributed by atoms with Crippen molar-refractivity contribution in [3.63, 3.8) is 0 Å². The van der Waals surface area contributed by atoms with Crippen LogP contribution in [0.5, 0.6) is 0 Å². The summed E-state index contributed by atoms with van der Waals surface area (Å²) in [6, 6.07) is 13.8. The minimum atomic E-state index is -4.33. The normalized spacial score (nSPS) is 15.2. The maximum absolute atomic E-state index is 14.0. The van der Waals surface area contributed by atoms with Crippen molar-refractivity contribution < 1.29 is 22.1 Å². The van der Waals surface area contributed by atoms with Gasteiger partial charge in [0.05, 0.1) is 12.1 Å². The number of rotatable bonds is 9. The molecule has 1 fully saturated rings. The maximum Gasteiger partial charge on any atom is 0.416 e. The van der Waals surface area contributed by atoms with E-state index in [4.69, 9.17) is 4.52 Å². The van der Waals surface area contributed by atoms with Gasteiger partial charge in [-0.2, -0.15) is 13.2 Å². The van der Waals surface area contributed by atoms with Gasteiger partial charge in [0.25, 0.3) is 0 Å². The first-order valence-corrected chi connectivity index (χ1v) is 11.9. The Kier molecular flexibility index (Phi) is 8.07. The fourth-order valence-corrected chi connectivity index (χ4v) is 4.38. The summed E-state index contributed by atoms with van der Waals surface area (Å²) in [5, 5.41) is 4.02. The van der Waals surface area contributed by atoms with Crippen LogP contribution in [-0.4, -0.2) is 60.8 Å². The van der Waals surface area contributed by atoms with Crippen LogP contribution in [-0.2, 0) is 12.7 Å². The van der Waals surface area contributed by atoms with E-state index in [0.717, 1.165) is 45.2 Å². The number of hydrogen-bond acceptors (Lipinski definition) is 5. The first-order chi connectivity index (χ1) is 16.8. The molecule has 2 heterocycles. The number of benzene rings is 2. The monoisotopic (exact) mass is 490 g/mol. The molecule has 0 unspecified atom stereocenters. The number of alkyl halides is 3. The summed E-state index contributed by atoms with van der Waals surface area (Å²) in [7, 11) is 0. The standard InChI is InChI=1S/C26H30F4N4O/c1-2-32(19-22-18-25(31-35-22)23-9-3-4-10-24(23)27)11-6-12-33-13-15-34(16-14-33)21-8-5-7-20(17-21)26(28,29)30/h3-5,7-10,17-18H,2,6,11-16,19H2,1H3. The Hall–Kier alpha value is -2.91. The van der Waals surface area contributed by atoms with E-state index in [1.807, 2.05) is 4.90 Å². The smallest absolute Gasteiger partial charge is 0.369 e. The highest BCUT2D eigenvalue weighted by Crippen LogP contribution is 2.32. The van der Waals surface area contributed by atoms with Crippen LogP contribution in [0.4, 0.5) is 23.2 Å². The second-order valence-corrected chi connectivity index (χ2v) is 8.76.